The number of nitrogens with one attached hydrogen (secondary N) is 2. The van der Waals surface area contributed by atoms with Gasteiger partial charge in [0, 0.05) is 18.0 Å². The molecule has 0 unspecified atom stereocenters. The number of anilines is 2. The standard InChI is InChI=1S/C19H16N4O3/c24-19(22-10-14-3-1-2-8-20-14)16-6-4-15(11-21-16)23-13-5-7-17-18(9-13)26-12-25-17/h1-9,11,23H,10,12H2,(H,22,24). The van der Waals surface area contributed by atoms with Crippen molar-refractivity contribution in [1.82, 2.24) is 15.3 Å². The van der Waals surface area contributed by atoms with Crippen molar-refractivity contribution in [3.05, 3.63) is 72.3 Å². The fourth-order valence-corrected chi connectivity index (χ4v) is 2.51. The normalized spacial score (nSPS) is 11.8. The van der Waals surface area contributed by atoms with Crippen molar-refractivity contribution in [2.75, 3.05) is 12.1 Å². The van der Waals surface area contributed by atoms with Crippen LogP contribution in [0, 0.1) is 0 Å². The molecule has 1 amide bonds. The Morgan fingerprint density at radius 1 is 1.00 bits per heavy atom. The van der Waals surface area contributed by atoms with Crippen molar-refractivity contribution in [3.63, 3.8) is 0 Å². The van der Waals surface area contributed by atoms with Crippen molar-refractivity contribution in [2.24, 2.45) is 0 Å². The van der Waals surface area contributed by atoms with E-state index in [1.807, 2.05) is 36.4 Å². The number of amides is 1. The summed E-state index contributed by atoms with van der Waals surface area (Å²) in [5, 5.41) is 6.02. The van der Waals surface area contributed by atoms with Crippen LogP contribution in [0.2, 0.25) is 0 Å². The summed E-state index contributed by atoms with van der Waals surface area (Å²) in [6.07, 6.45) is 3.30. The summed E-state index contributed by atoms with van der Waals surface area (Å²) in [4.78, 5) is 20.5. The fraction of sp³-hybridized carbons (Fsp3) is 0.105. The molecule has 3 aromatic rings. The fourth-order valence-electron chi connectivity index (χ4n) is 2.51. The van der Waals surface area contributed by atoms with E-state index >= 15 is 0 Å². The van der Waals surface area contributed by atoms with Gasteiger partial charge in [-0.2, -0.15) is 0 Å². The number of carbonyl (C=O) groups excluding carboxylic acids is 1. The maximum atomic E-state index is 12.2. The van der Waals surface area contributed by atoms with Crippen LogP contribution in [0.4, 0.5) is 11.4 Å². The molecule has 7 nitrogen and oxygen atoms in total. The first-order chi connectivity index (χ1) is 12.8. The molecule has 0 bridgehead atoms. The predicted molar refractivity (Wildman–Crippen MR) is 95.5 cm³/mol. The molecule has 1 aliphatic rings. The molecule has 26 heavy (non-hydrogen) atoms. The summed E-state index contributed by atoms with van der Waals surface area (Å²) in [5.41, 5.74) is 2.76. The van der Waals surface area contributed by atoms with Crippen molar-refractivity contribution < 1.29 is 14.3 Å². The lowest BCUT2D eigenvalue weighted by Gasteiger charge is -2.08. The molecule has 0 spiro atoms. The third-order valence-corrected chi connectivity index (χ3v) is 3.81. The zero-order valence-electron chi connectivity index (χ0n) is 13.8. The molecule has 0 saturated carbocycles. The summed E-state index contributed by atoms with van der Waals surface area (Å²) in [7, 11) is 0. The van der Waals surface area contributed by atoms with E-state index in [4.69, 9.17) is 9.47 Å². The van der Waals surface area contributed by atoms with Gasteiger partial charge in [0.15, 0.2) is 11.5 Å². The average molecular weight is 348 g/mol. The van der Waals surface area contributed by atoms with Crippen molar-refractivity contribution in [1.29, 1.82) is 0 Å². The van der Waals surface area contributed by atoms with Gasteiger partial charge in [0.1, 0.15) is 5.69 Å². The van der Waals surface area contributed by atoms with Crippen LogP contribution in [0.15, 0.2) is 60.9 Å². The number of nitrogens with zero attached hydrogens (tertiary/aromatic N) is 2. The number of ether oxygens (including phenoxy) is 2. The maximum absolute atomic E-state index is 12.2. The monoisotopic (exact) mass is 348 g/mol. The quantitative estimate of drug-likeness (QED) is 0.737. The molecule has 0 fully saturated rings. The van der Waals surface area contributed by atoms with Gasteiger partial charge in [-0.15, -0.1) is 0 Å². The highest BCUT2D eigenvalue weighted by Crippen LogP contribution is 2.34. The van der Waals surface area contributed by atoms with E-state index in [1.165, 1.54) is 0 Å². The third-order valence-electron chi connectivity index (χ3n) is 3.81. The first kappa shape index (κ1) is 15.9. The lowest BCUT2D eigenvalue weighted by molar-refractivity contribution is 0.0945. The summed E-state index contributed by atoms with van der Waals surface area (Å²) >= 11 is 0. The number of carbonyl (C=O) groups is 1. The van der Waals surface area contributed by atoms with Crippen LogP contribution < -0.4 is 20.1 Å². The van der Waals surface area contributed by atoms with E-state index in [0.29, 0.717) is 18.0 Å². The van der Waals surface area contributed by atoms with Gasteiger partial charge >= 0.3 is 0 Å². The molecular formula is C19H16N4O3. The van der Waals surface area contributed by atoms with Gasteiger partial charge in [0.2, 0.25) is 6.79 Å². The zero-order chi connectivity index (χ0) is 17.8. The molecule has 0 saturated heterocycles. The van der Waals surface area contributed by atoms with Gasteiger partial charge < -0.3 is 20.1 Å². The van der Waals surface area contributed by atoms with Gasteiger partial charge in [0.05, 0.1) is 24.1 Å². The first-order valence-electron chi connectivity index (χ1n) is 8.09. The molecule has 1 aromatic carbocycles. The van der Waals surface area contributed by atoms with Crippen molar-refractivity contribution >= 4 is 17.3 Å². The summed E-state index contributed by atoms with van der Waals surface area (Å²) in [5.74, 6) is 1.19. The molecule has 3 heterocycles. The minimum atomic E-state index is -0.245. The van der Waals surface area contributed by atoms with Crippen molar-refractivity contribution in [2.45, 2.75) is 6.54 Å². The molecule has 2 aromatic heterocycles. The summed E-state index contributed by atoms with van der Waals surface area (Å²) in [6.45, 7) is 0.598. The zero-order valence-corrected chi connectivity index (χ0v) is 13.8. The Bertz CT molecular complexity index is 914. The Hall–Kier alpha value is -3.61. The van der Waals surface area contributed by atoms with E-state index in [2.05, 4.69) is 20.6 Å². The largest absolute Gasteiger partial charge is 0.454 e. The molecule has 0 atom stereocenters. The lowest BCUT2D eigenvalue weighted by atomic mass is 10.2. The molecular weight excluding hydrogens is 332 g/mol. The second-order valence-corrected chi connectivity index (χ2v) is 5.63. The van der Waals surface area contributed by atoms with Crippen LogP contribution in [0.5, 0.6) is 11.5 Å². The Labute approximate surface area is 150 Å². The smallest absolute Gasteiger partial charge is 0.270 e. The highest BCUT2D eigenvalue weighted by Gasteiger charge is 2.13. The molecule has 0 aliphatic carbocycles. The van der Waals surface area contributed by atoms with Gasteiger partial charge in [-0.25, -0.2) is 4.98 Å². The van der Waals surface area contributed by atoms with E-state index < -0.39 is 0 Å². The van der Waals surface area contributed by atoms with Crippen LogP contribution in [-0.2, 0) is 6.54 Å². The number of rotatable bonds is 5. The van der Waals surface area contributed by atoms with Crippen LogP contribution >= 0.6 is 0 Å². The first-order valence-corrected chi connectivity index (χ1v) is 8.09. The minimum Gasteiger partial charge on any atom is -0.454 e. The van der Waals surface area contributed by atoms with Gasteiger partial charge in [-0.1, -0.05) is 6.07 Å². The van der Waals surface area contributed by atoms with Gasteiger partial charge in [-0.3, -0.25) is 9.78 Å². The predicted octanol–water partition coefficient (Wildman–Crippen LogP) is 2.88. The number of benzene rings is 1. The van der Waals surface area contributed by atoms with Crippen LogP contribution in [-0.4, -0.2) is 22.7 Å². The Morgan fingerprint density at radius 2 is 1.88 bits per heavy atom. The summed E-state index contributed by atoms with van der Waals surface area (Å²) in [6, 6.07) is 14.6. The molecule has 1 aliphatic heterocycles. The Morgan fingerprint density at radius 3 is 2.69 bits per heavy atom. The van der Waals surface area contributed by atoms with Crippen LogP contribution in [0.3, 0.4) is 0 Å². The van der Waals surface area contributed by atoms with E-state index in [-0.39, 0.29) is 12.7 Å². The highest BCUT2D eigenvalue weighted by atomic mass is 16.7. The van der Waals surface area contributed by atoms with Gasteiger partial charge in [-0.05, 0) is 36.4 Å². The third kappa shape index (κ3) is 3.56. The SMILES string of the molecule is O=C(NCc1ccccn1)c1ccc(Nc2ccc3c(c2)OCO3)cn1. The minimum absolute atomic E-state index is 0.239. The van der Waals surface area contributed by atoms with Crippen LogP contribution in [0.25, 0.3) is 0 Å². The van der Waals surface area contributed by atoms with E-state index in [0.717, 1.165) is 22.8 Å². The van der Waals surface area contributed by atoms with Gasteiger partial charge in [0.25, 0.3) is 5.91 Å². The number of fused-ring (bicyclic) bond motifs is 1. The second-order valence-electron chi connectivity index (χ2n) is 5.63. The Balaban J connectivity index is 1.38. The maximum Gasteiger partial charge on any atom is 0.270 e. The molecule has 7 heteroatoms. The number of hydrogen-bond donors (Lipinski definition) is 2. The number of aromatic nitrogens is 2. The average Bonchev–Trinajstić information content (AvgIpc) is 3.15. The number of pyridine rings is 2. The molecule has 2 N–H and O–H groups in total. The molecule has 0 radical (unpaired) electrons. The van der Waals surface area contributed by atoms with Crippen LogP contribution in [0.1, 0.15) is 16.2 Å². The lowest BCUT2D eigenvalue weighted by Crippen LogP contribution is -2.24. The van der Waals surface area contributed by atoms with Crippen molar-refractivity contribution in [3.8, 4) is 11.5 Å². The molecule has 4 rings (SSSR count). The number of hydrogen-bond acceptors (Lipinski definition) is 6. The second kappa shape index (κ2) is 7.10. The highest BCUT2D eigenvalue weighted by molar-refractivity contribution is 5.92. The van der Waals surface area contributed by atoms with E-state index in [1.54, 1.807) is 24.5 Å². The topological polar surface area (TPSA) is 85.4 Å². The Kier molecular flexibility index (Phi) is 4.34. The summed E-state index contributed by atoms with van der Waals surface area (Å²) < 4.78 is 10.6. The molecule has 130 valence electrons. The van der Waals surface area contributed by atoms with E-state index in [9.17, 15) is 4.79 Å².